The molecule has 20 heavy (non-hydrogen) atoms. The Bertz CT molecular complexity index is 577. The first kappa shape index (κ1) is 15.3. The highest BCUT2D eigenvalue weighted by atomic mass is 79.9. The molecule has 0 aliphatic heterocycles. The van der Waals surface area contributed by atoms with Crippen molar-refractivity contribution >= 4 is 33.3 Å². The predicted molar refractivity (Wildman–Crippen MR) is 88.3 cm³/mol. The summed E-state index contributed by atoms with van der Waals surface area (Å²) in [4.78, 5) is 9.20. The van der Waals surface area contributed by atoms with Crippen LogP contribution in [-0.2, 0) is 6.42 Å². The molecule has 0 fully saturated rings. The first-order valence-corrected chi connectivity index (χ1v) is 7.88. The molecule has 106 valence electrons. The van der Waals surface area contributed by atoms with Gasteiger partial charge in [0.05, 0.1) is 0 Å². The van der Waals surface area contributed by atoms with Gasteiger partial charge in [-0.2, -0.15) is 0 Å². The molecule has 0 spiro atoms. The molecule has 0 saturated carbocycles. The summed E-state index contributed by atoms with van der Waals surface area (Å²) in [6, 6.07) is 7.65. The van der Waals surface area contributed by atoms with Crippen LogP contribution in [0.4, 0.5) is 5.82 Å². The van der Waals surface area contributed by atoms with E-state index in [-0.39, 0.29) is 0 Å². The molecule has 0 radical (unpaired) electrons. The van der Waals surface area contributed by atoms with Gasteiger partial charge in [-0.15, -0.1) is 0 Å². The Morgan fingerprint density at radius 3 is 2.70 bits per heavy atom. The number of halogens is 2. The average molecular weight is 355 g/mol. The van der Waals surface area contributed by atoms with Crippen LogP contribution in [0.5, 0.6) is 0 Å². The van der Waals surface area contributed by atoms with Gasteiger partial charge in [0.25, 0.3) is 0 Å². The van der Waals surface area contributed by atoms with Crippen LogP contribution in [0.15, 0.2) is 28.7 Å². The van der Waals surface area contributed by atoms with Crippen LogP contribution < -0.4 is 5.32 Å². The van der Waals surface area contributed by atoms with Crippen LogP contribution >= 0.6 is 27.5 Å². The number of nitrogens with one attached hydrogen (secondary N) is 1. The van der Waals surface area contributed by atoms with E-state index in [0.29, 0.717) is 10.8 Å². The van der Waals surface area contributed by atoms with Crippen LogP contribution in [0.2, 0.25) is 5.02 Å². The second kappa shape index (κ2) is 7.04. The molecule has 2 rings (SSSR count). The van der Waals surface area contributed by atoms with Gasteiger partial charge in [0.2, 0.25) is 0 Å². The van der Waals surface area contributed by atoms with Gasteiger partial charge < -0.3 is 5.32 Å². The maximum Gasteiger partial charge on any atom is 0.162 e. The number of hydrogen-bond acceptors (Lipinski definition) is 3. The highest BCUT2D eigenvalue weighted by Gasteiger charge is 2.10. The topological polar surface area (TPSA) is 37.8 Å². The molecule has 3 nitrogen and oxygen atoms in total. The molecule has 1 aromatic carbocycles. The van der Waals surface area contributed by atoms with E-state index in [4.69, 9.17) is 11.6 Å². The quantitative estimate of drug-likeness (QED) is 0.826. The third-order valence-electron chi connectivity index (χ3n) is 2.81. The first-order chi connectivity index (χ1) is 9.63. The monoisotopic (exact) mass is 353 g/mol. The Morgan fingerprint density at radius 1 is 1.20 bits per heavy atom. The van der Waals surface area contributed by atoms with Crippen LogP contribution in [0.3, 0.4) is 0 Å². The Balaban J connectivity index is 2.51. The van der Waals surface area contributed by atoms with Crippen molar-refractivity contribution in [2.75, 3.05) is 11.9 Å². The van der Waals surface area contributed by atoms with E-state index < -0.39 is 0 Å². The molecular formula is C15H17BrClN3. The van der Waals surface area contributed by atoms with E-state index >= 15 is 0 Å². The third-order valence-corrected chi connectivity index (χ3v) is 3.74. The van der Waals surface area contributed by atoms with Crippen molar-refractivity contribution in [1.29, 1.82) is 0 Å². The van der Waals surface area contributed by atoms with E-state index in [2.05, 4.69) is 45.1 Å². The van der Waals surface area contributed by atoms with Gasteiger partial charge >= 0.3 is 0 Å². The molecule has 1 heterocycles. The van der Waals surface area contributed by atoms with Gasteiger partial charge in [-0.25, -0.2) is 9.97 Å². The van der Waals surface area contributed by atoms with Crippen LogP contribution in [0, 0.1) is 0 Å². The maximum atomic E-state index is 6.08. The van der Waals surface area contributed by atoms with E-state index in [9.17, 15) is 0 Å². The zero-order valence-electron chi connectivity index (χ0n) is 11.6. The fraction of sp³-hybridized carbons (Fsp3) is 0.333. The fourth-order valence-corrected chi connectivity index (χ4v) is 2.54. The van der Waals surface area contributed by atoms with Gasteiger partial charge in [0.1, 0.15) is 5.82 Å². The molecular weight excluding hydrogens is 338 g/mol. The van der Waals surface area contributed by atoms with Crippen molar-refractivity contribution in [3.63, 3.8) is 0 Å². The van der Waals surface area contributed by atoms with Crippen molar-refractivity contribution in [2.45, 2.75) is 26.7 Å². The second-order valence-electron chi connectivity index (χ2n) is 4.47. The first-order valence-electron chi connectivity index (χ1n) is 6.71. The Kier molecular flexibility index (Phi) is 5.38. The maximum absolute atomic E-state index is 6.08. The van der Waals surface area contributed by atoms with E-state index in [1.165, 1.54) is 0 Å². The molecule has 0 atom stereocenters. The number of anilines is 1. The summed E-state index contributed by atoms with van der Waals surface area (Å²) in [5.74, 6) is 1.55. The summed E-state index contributed by atoms with van der Waals surface area (Å²) in [6.07, 6.45) is 1.99. The fourth-order valence-electron chi connectivity index (χ4n) is 1.94. The SMILES string of the molecule is CCCc1cc(NCC)nc(-c2cc(Cl)ccc2Br)n1. The summed E-state index contributed by atoms with van der Waals surface area (Å²) in [5.41, 5.74) is 1.95. The van der Waals surface area contributed by atoms with Gasteiger partial charge in [0.15, 0.2) is 5.82 Å². The van der Waals surface area contributed by atoms with Gasteiger partial charge in [-0.3, -0.25) is 0 Å². The summed E-state index contributed by atoms with van der Waals surface area (Å²) >= 11 is 9.61. The highest BCUT2D eigenvalue weighted by Crippen LogP contribution is 2.29. The standard InChI is InChI=1S/C15H17BrClN3/c1-3-5-11-9-14(18-4-2)20-15(19-11)12-8-10(17)6-7-13(12)16/h6-9H,3-5H2,1-2H3,(H,18,19,20). The number of hydrogen-bond donors (Lipinski definition) is 1. The van der Waals surface area contributed by atoms with Gasteiger partial charge in [-0.1, -0.05) is 40.9 Å². The Labute approximate surface area is 132 Å². The molecule has 0 aliphatic carbocycles. The van der Waals surface area contributed by atoms with E-state index in [0.717, 1.165) is 40.9 Å². The molecule has 0 amide bonds. The summed E-state index contributed by atoms with van der Waals surface area (Å²) < 4.78 is 0.943. The van der Waals surface area contributed by atoms with E-state index in [1.807, 2.05) is 24.3 Å². The highest BCUT2D eigenvalue weighted by molar-refractivity contribution is 9.10. The molecule has 0 saturated heterocycles. The zero-order chi connectivity index (χ0) is 14.5. The molecule has 5 heteroatoms. The van der Waals surface area contributed by atoms with Crippen molar-refractivity contribution in [3.8, 4) is 11.4 Å². The minimum absolute atomic E-state index is 0.678. The minimum atomic E-state index is 0.678. The number of rotatable bonds is 5. The van der Waals surface area contributed by atoms with Crippen molar-refractivity contribution in [2.24, 2.45) is 0 Å². The van der Waals surface area contributed by atoms with Crippen molar-refractivity contribution < 1.29 is 0 Å². The van der Waals surface area contributed by atoms with Crippen LogP contribution in [-0.4, -0.2) is 16.5 Å². The van der Waals surface area contributed by atoms with Crippen LogP contribution in [0.25, 0.3) is 11.4 Å². The van der Waals surface area contributed by atoms with Gasteiger partial charge in [0, 0.05) is 33.4 Å². The van der Waals surface area contributed by atoms with Gasteiger partial charge in [-0.05, 0) is 31.5 Å². The largest absolute Gasteiger partial charge is 0.370 e. The number of benzene rings is 1. The van der Waals surface area contributed by atoms with Crippen LogP contribution in [0.1, 0.15) is 26.0 Å². The number of aryl methyl sites for hydroxylation is 1. The predicted octanol–water partition coefficient (Wildman–Crippen LogP) is 4.94. The molecule has 2 aromatic rings. The molecule has 0 bridgehead atoms. The minimum Gasteiger partial charge on any atom is -0.370 e. The van der Waals surface area contributed by atoms with E-state index in [1.54, 1.807) is 0 Å². The molecule has 0 unspecified atom stereocenters. The normalized spacial score (nSPS) is 10.6. The lowest BCUT2D eigenvalue weighted by Gasteiger charge is -2.10. The molecule has 1 N–H and O–H groups in total. The van der Waals surface area contributed by atoms with Crippen molar-refractivity contribution in [1.82, 2.24) is 9.97 Å². The molecule has 0 aliphatic rings. The van der Waals surface area contributed by atoms with Crippen molar-refractivity contribution in [3.05, 3.63) is 39.5 Å². The lowest BCUT2D eigenvalue weighted by atomic mass is 10.2. The molecule has 1 aromatic heterocycles. The summed E-state index contributed by atoms with van der Waals surface area (Å²) in [6.45, 7) is 5.03. The summed E-state index contributed by atoms with van der Waals surface area (Å²) in [7, 11) is 0. The zero-order valence-corrected chi connectivity index (χ0v) is 13.9. The lowest BCUT2D eigenvalue weighted by molar-refractivity contribution is 0.875. The Hall–Kier alpha value is -1.13. The smallest absolute Gasteiger partial charge is 0.162 e. The second-order valence-corrected chi connectivity index (χ2v) is 5.76. The number of aromatic nitrogens is 2. The Morgan fingerprint density at radius 2 is 2.00 bits per heavy atom. The summed E-state index contributed by atoms with van der Waals surface area (Å²) in [5, 5.41) is 3.93. The average Bonchev–Trinajstić information content (AvgIpc) is 2.42. The number of nitrogens with zero attached hydrogens (tertiary/aromatic N) is 2. The lowest BCUT2D eigenvalue weighted by Crippen LogP contribution is -2.04. The third kappa shape index (κ3) is 3.70.